The number of thioether (sulfide) groups is 1. The van der Waals surface area contributed by atoms with Crippen molar-refractivity contribution in [1.29, 1.82) is 0 Å². The maximum Gasteiger partial charge on any atom is 0.162 e. The lowest BCUT2D eigenvalue weighted by atomic mass is 10.2. The number of halogens is 1. The summed E-state index contributed by atoms with van der Waals surface area (Å²) in [5.41, 5.74) is 2.10. The molecule has 0 unspecified atom stereocenters. The van der Waals surface area contributed by atoms with Crippen LogP contribution in [0.4, 0.5) is 5.69 Å². The van der Waals surface area contributed by atoms with Crippen LogP contribution in [-0.2, 0) is 6.54 Å². The molecule has 2 aromatic carbocycles. The minimum atomic E-state index is 0.600. The third-order valence-corrected chi connectivity index (χ3v) is 4.44. The summed E-state index contributed by atoms with van der Waals surface area (Å²) >= 11 is 7.87. The highest BCUT2D eigenvalue weighted by molar-refractivity contribution is 7.98. The average Bonchev–Trinajstić information content (AvgIpc) is 2.53. The van der Waals surface area contributed by atoms with Gasteiger partial charge in [-0.2, -0.15) is 0 Å². The van der Waals surface area contributed by atoms with Gasteiger partial charge in [-0.3, -0.25) is 0 Å². The van der Waals surface area contributed by atoms with Crippen LogP contribution in [0.3, 0.4) is 0 Å². The van der Waals surface area contributed by atoms with E-state index in [1.807, 2.05) is 36.4 Å². The lowest BCUT2D eigenvalue weighted by molar-refractivity contribution is 0.171. The molecule has 1 aliphatic heterocycles. The molecule has 5 heteroatoms. The lowest BCUT2D eigenvalue weighted by Crippen LogP contribution is -2.16. The molecular formula is C16H16ClNO2S. The van der Waals surface area contributed by atoms with Gasteiger partial charge in [0.15, 0.2) is 11.5 Å². The molecule has 1 N–H and O–H groups in total. The van der Waals surface area contributed by atoms with Crippen molar-refractivity contribution in [3.8, 4) is 11.5 Å². The van der Waals surface area contributed by atoms with Gasteiger partial charge in [-0.25, -0.2) is 0 Å². The maximum atomic E-state index is 6.17. The van der Waals surface area contributed by atoms with Crippen molar-refractivity contribution in [1.82, 2.24) is 0 Å². The van der Waals surface area contributed by atoms with Crippen LogP contribution < -0.4 is 14.8 Å². The second-order valence-corrected chi connectivity index (χ2v) is 5.90. The van der Waals surface area contributed by atoms with Gasteiger partial charge in [0.25, 0.3) is 0 Å². The number of nitrogens with one attached hydrogen (secondary N) is 1. The number of ether oxygens (including phenoxy) is 2. The first-order valence-corrected chi connectivity index (χ1v) is 8.33. The zero-order valence-corrected chi connectivity index (χ0v) is 13.3. The Morgan fingerprint density at radius 3 is 2.57 bits per heavy atom. The molecule has 0 aromatic heterocycles. The molecule has 0 saturated carbocycles. The van der Waals surface area contributed by atoms with Crippen LogP contribution in [-0.4, -0.2) is 19.5 Å². The molecule has 0 amide bonds. The average molecular weight is 322 g/mol. The summed E-state index contributed by atoms with van der Waals surface area (Å²) in [5, 5.41) is 4.09. The highest BCUT2D eigenvalue weighted by Gasteiger charge is 2.15. The van der Waals surface area contributed by atoms with Crippen LogP contribution in [0.2, 0.25) is 5.02 Å². The zero-order valence-electron chi connectivity index (χ0n) is 11.7. The van der Waals surface area contributed by atoms with E-state index < -0.39 is 0 Å². The van der Waals surface area contributed by atoms with Gasteiger partial charge in [0.2, 0.25) is 0 Å². The van der Waals surface area contributed by atoms with Gasteiger partial charge in [-0.1, -0.05) is 23.7 Å². The van der Waals surface area contributed by atoms with Crippen LogP contribution in [0, 0.1) is 0 Å². The number of fused-ring (bicyclic) bond motifs is 1. The van der Waals surface area contributed by atoms with Crippen molar-refractivity contribution in [2.45, 2.75) is 11.4 Å². The summed E-state index contributed by atoms with van der Waals surface area (Å²) < 4.78 is 11.3. The van der Waals surface area contributed by atoms with Crippen molar-refractivity contribution < 1.29 is 9.47 Å². The van der Waals surface area contributed by atoms with Crippen molar-refractivity contribution in [2.24, 2.45) is 0 Å². The first kappa shape index (κ1) is 14.4. The number of rotatable bonds is 4. The Morgan fingerprint density at radius 1 is 1.14 bits per heavy atom. The summed E-state index contributed by atoms with van der Waals surface area (Å²) in [7, 11) is 0. The monoisotopic (exact) mass is 321 g/mol. The summed E-state index contributed by atoms with van der Waals surface area (Å²) in [5.74, 6) is 1.64. The summed E-state index contributed by atoms with van der Waals surface area (Å²) in [6.45, 7) is 1.90. The van der Waals surface area contributed by atoms with Crippen LogP contribution >= 0.6 is 23.4 Å². The van der Waals surface area contributed by atoms with Gasteiger partial charge in [0, 0.05) is 11.4 Å². The molecule has 0 spiro atoms. The lowest BCUT2D eigenvalue weighted by Gasteiger charge is -2.21. The first-order chi connectivity index (χ1) is 10.3. The number of anilines is 1. The molecule has 3 rings (SSSR count). The summed E-state index contributed by atoms with van der Waals surface area (Å²) in [6, 6.07) is 11.8. The summed E-state index contributed by atoms with van der Waals surface area (Å²) in [4.78, 5) is 1.18. The van der Waals surface area contributed by atoms with Crippen molar-refractivity contribution in [3.05, 3.63) is 47.0 Å². The van der Waals surface area contributed by atoms with E-state index in [1.54, 1.807) is 11.8 Å². The molecule has 21 heavy (non-hydrogen) atoms. The van der Waals surface area contributed by atoms with E-state index in [4.69, 9.17) is 21.1 Å². The predicted molar refractivity (Wildman–Crippen MR) is 88.0 cm³/mol. The Labute approximate surface area is 133 Å². The fourth-order valence-corrected chi connectivity index (χ4v) is 3.06. The molecule has 0 bridgehead atoms. The van der Waals surface area contributed by atoms with Crippen LogP contribution in [0.5, 0.6) is 11.5 Å². The summed E-state index contributed by atoms with van der Waals surface area (Å²) in [6.07, 6.45) is 2.06. The predicted octanol–water partition coefficient (Wildman–Crippen LogP) is 4.45. The molecule has 1 heterocycles. The second kappa shape index (κ2) is 6.50. The minimum absolute atomic E-state index is 0.600. The van der Waals surface area contributed by atoms with Gasteiger partial charge < -0.3 is 14.8 Å². The Morgan fingerprint density at radius 2 is 1.86 bits per heavy atom. The van der Waals surface area contributed by atoms with E-state index in [1.165, 1.54) is 10.5 Å². The standard InChI is InChI=1S/C16H16ClNO2S/c1-21-16-9-15-14(19-6-7-20-15)8-11(16)10-18-13-5-3-2-4-12(13)17/h2-5,8-9,18H,6-7,10H2,1H3. The number of hydrogen-bond donors (Lipinski definition) is 1. The third-order valence-electron chi connectivity index (χ3n) is 3.29. The van der Waals surface area contributed by atoms with Crippen molar-refractivity contribution in [3.63, 3.8) is 0 Å². The van der Waals surface area contributed by atoms with E-state index in [0.717, 1.165) is 22.2 Å². The van der Waals surface area contributed by atoms with Gasteiger partial charge >= 0.3 is 0 Å². The third kappa shape index (κ3) is 3.22. The maximum absolute atomic E-state index is 6.17. The molecule has 0 radical (unpaired) electrons. The number of hydrogen-bond acceptors (Lipinski definition) is 4. The fraction of sp³-hybridized carbons (Fsp3) is 0.250. The van der Waals surface area contributed by atoms with E-state index >= 15 is 0 Å². The minimum Gasteiger partial charge on any atom is -0.486 e. The Kier molecular flexibility index (Phi) is 4.46. The Hall–Kier alpha value is -1.52. The smallest absolute Gasteiger partial charge is 0.162 e. The number of benzene rings is 2. The highest BCUT2D eigenvalue weighted by Crippen LogP contribution is 2.37. The molecule has 0 fully saturated rings. The van der Waals surface area contributed by atoms with Crippen LogP contribution in [0.1, 0.15) is 5.56 Å². The van der Waals surface area contributed by atoms with E-state index in [2.05, 4.69) is 11.6 Å². The first-order valence-electron chi connectivity index (χ1n) is 6.73. The van der Waals surface area contributed by atoms with E-state index in [9.17, 15) is 0 Å². The van der Waals surface area contributed by atoms with E-state index in [0.29, 0.717) is 19.8 Å². The molecule has 110 valence electrons. The fourth-order valence-electron chi connectivity index (χ4n) is 2.24. The van der Waals surface area contributed by atoms with Gasteiger partial charge in [0.05, 0.1) is 10.7 Å². The Bertz CT molecular complexity index is 648. The van der Waals surface area contributed by atoms with Gasteiger partial charge in [0.1, 0.15) is 13.2 Å². The topological polar surface area (TPSA) is 30.5 Å². The van der Waals surface area contributed by atoms with Crippen LogP contribution in [0.15, 0.2) is 41.3 Å². The quantitative estimate of drug-likeness (QED) is 0.843. The molecule has 2 aromatic rings. The highest BCUT2D eigenvalue weighted by atomic mass is 35.5. The molecule has 0 saturated heterocycles. The zero-order chi connectivity index (χ0) is 14.7. The Balaban J connectivity index is 1.83. The van der Waals surface area contributed by atoms with E-state index in [-0.39, 0.29) is 0 Å². The normalized spacial score (nSPS) is 13.0. The molecule has 1 aliphatic rings. The van der Waals surface area contributed by atoms with Crippen molar-refractivity contribution in [2.75, 3.05) is 24.8 Å². The molecule has 3 nitrogen and oxygen atoms in total. The van der Waals surface area contributed by atoms with Gasteiger partial charge in [-0.15, -0.1) is 11.8 Å². The molecule has 0 aliphatic carbocycles. The molecule has 0 atom stereocenters. The van der Waals surface area contributed by atoms with Crippen molar-refractivity contribution >= 4 is 29.1 Å². The largest absolute Gasteiger partial charge is 0.486 e. The molecular weight excluding hydrogens is 306 g/mol. The SMILES string of the molecule is CSc1cc2c(cc1CNc1ccccc1Cl)OCCO2. The second-order valence-electron chi connectivity index (χ2n) is 4.64. The number of para-hydroxylation sites is 1. The van der Waals surface area contributed by atoms with Gasteiger partial charge in [-0.05, 0) is 36.1 Å². The van der Waals surface area contributed by atoms with Crippen LogP contribution in [0.25, 0.3) is 0 Å².